The summed E-state index contributed by atoms with van der Waals surface area (Å²) in [4.78, 5) is 8.47. The Balaban J connectivity index is 2.65. The molecule has 0 amide bonds. The fraction of sp³-hybridized carbons (Fsp3) is 0.692. The molecule has 0 saturated carbocycles. The third kappa shape index (κ3) is 4.49. The zero-order valence-electron chi connectivity index (χ0n) is 11.5. The molecule has 0 bridgehead atoms. The van der Waals surface area contributed by atoms with Crippen LogP contribution >= 0.6 is 0 Å². The first-order valence-electron chi connectivity index (χ1n) is 6.52. The van der Waals surface area contributed by atoms with Crippen LogP contribution in [0.25, 0.3) is 0 Å². The van der Waals surface area contributed by atoms with Crippen LogP contribution in [0.2, 0.25) is 0 Å². The van der Waals surface area contributed by atoms with E-state index in [2.05, 4.69) is 29.1 Å². The smallest absolute Gasteiger partial charge is 0.221 e. The van der Waals surface area contributed by atoms with Crippen molar-refractivity contribution in [2.75, 3.05) is 32.2 Å². The minimum atomic E-state index is 0.616. The second-order valence-corrected chi connectivity index (χ2v) is 3.98. The lowest BCUT2D eigenvalue weighted by molar-refractivity contribution is 0.170. The van der Waals surface area contributed by atoms with Gasteiger partial charge in [-0.25, -0.2) is 9.97 Å². The van der Waals surface area contributed by atoms with Crippen molar-refractivity contribution in [3.8, 4) is 5.88 Å². The van der Waals surface area contributed by atoms with Gasteiger partial charge in [-0.15, -0.1) is 0 Å². The third-order valence-corrected chi connectivity index (χ3v) is 2.53. The number of nitrogens with zero attached hydrogens (tertiary/aromatic N) is 2. The molecule has 18 heavy (non-hydrogen) atoms. The van der Waals surface area contributed by atoms with Gasteiger partial charge < -0.3 is 14.8 Å². The fourth-order valence-electron chi connectivity index (χ4n) is 1.61. The van der Waals surface area contributed by atoms with E-state index in [9.17, 15) is 0 Å². The second kappa shape index (κ2) is 8.69. The highest BCUT2D eigenvalue weighted by Crippen LogP contribution is 2.22. The van der Waals surface area contributed by atoms with E-state index in [1.165, 1.54) is 0 Å². The maximum atomic E-state index is 5.68. The molecule has 0 aliphatic rings. The molecule has 0 aliphatic heterocycles. The molecule has 5 heteroatoms. The Bertz CT molecular complexity index is 345. The molecule has 102 valence electrons. The molecular weight excluding hydrogens is 230 g/mol. The van der Waals surface area contributed by atoms with E-state index in [0.717, 1.165) is 37.2 Å². The quantitative estimate of drug-likeness (QED) is 0.684. The van der Waals surface area contributed by atoms with Crippen molar-refractivity contribution in [1.29, 1.82) is 0 Å². The largest absolute Gasteiger partial charge is 0.477 e. The Labute approximate surface area is 109 Å². The van der Waals surface area contributed by atoms with E-state index < -0.39 is 0 Å². The van der Waals surface area contributed by atoms with Gasteiger partial charge in [0, 0.05) is 26.7 Å². The molecule has 0 radical (unpaired) electrons. The van der Waals surface area contributed by atoms with Gasteiger partial charge in [-0.2, -0.15) is 0 Å². The van der Waals surface area contributed by atoms with E-state index in [1.54, 1.807) is 13.4 Å². The van der Waals surface area contributed by atoms with E-state index in [4.69, 9.17) is 9.47 Å². The van der Waals surface area contributed by atoms with Crippen LogP contribution in [0.4, 0.5) is 5.82 Å². The van der Waals surface area contributed by atoms with Crippen molar-refractivity contribution >= 4 is 5.82 Å². The number of methoxy groups -OCH3 is 1. The van der Waals surface area contributed by atoms with Gasteiger partial charge in [-0.1, -0.05) is 13.8 Å². The molecule has 1 N–H and O–H groups in total. The molecule has 1 aromatic heterocycles. The summed E-state index contributed by atoms with van der Waals surface area (Å²) >= 11 is 0. The molecule has 1 aromatic rings. The Hall–Kier alpha value is -1.36. The molecule has 1 heterocycles. The topological polar surface area (TPSA) is 56.3 Å². The Morgan fingerprint density at radius 3 is 2.72 bits per heavy atom. The average Bonchev–Trinajstić information content (AvgIpc) is 2.41. The molecule has 0 aromatic carbocycles. The van der Waals surface area contributed by atoms with Gasteiger partial charge in [0.05, 0.1) is 12.2 Å². The summed E-state index contributed by atoms with van der Waals surface area (Å²) in [5.74, 6) is 1.57. The predicted octanol–water partition coefficient (Wildman–Crippen LogP) is 2.28. The van der Waals surface area contributed by atoms with Gasteiger partial charge in [0.1, 0.15) is 12.1 Å². The van der Waals surface area contributed by atoms with Crippen molar-refractivity contribution in [3.63, 3.8) is 0 Å². The molecule has 5 nitrogen and oxygen atoms in total. The normalized spacial score (nSPS) is 10.4. The molecule has 0 atom stereocenters. The van der Waals surface area contributed by atoms with Crippen molar-refractivity contribution in [2.45, 2.75) is 33.1 Å². The lowest BCUT2D eigenvalue weighted by atomic mass is 10.2. The van der Waals surface area contributed by atoms with Gasteiger partial charge in [-0.05, 0) is 12.8 Å². The number of aromatic nitrogens is 2. The maximum absolute atomic E-state index is 5.68. The van der Waals surface area contributed by atoms with Gasteiger partial charge in [-0.3, -0.25) is 0 Å². The highest BCUT2D eigenvalue weighted by atomic mass is 16.5. The van der Waals surface area contributed by atoms with Crippen LogP contribution in [0.1, 0.15) is 32.3 Å². The van der Waals surface area contributed by atoms with Crippen LogP contribution in [-0.4, -0.2) is 36.8 Å². The van der Waals surface area contributed by atoms with E-state index in [1.807, 2.05) is 0 Å². The molecule has 0 aliphatic carbocycles. The van der Waals surface area contributed by atoms with Gasteiger partial charge >= 0.3 is 0 Å². The molecule has 0 unspecified atom stereocenters. The number of ether oxygens (including phenoxy) is 2. The number of nitrogens with one attached hydrogen (secondary N) is 1. The highest BCUT2D eigenvalue weighted by Gasteiger charge is 2.10. The first-order chi connectivity index (χ1) is 8.83. The van der Waals surface area contributed by atoms with Crippen molar-refractivity contribution in [1.82, 2.24) is 9.97 Å². The van der Waals surface area contributed by atoms with Crippen LogP contribution in [0.5, 0.6) is 5.88 Å². The summed E-state index contributed by atoms with van der Waals surface area (Å²) in [6.07, 6.45) is 4.33. The van der Waals surface area contributed by atoms with E-state index in [-0.39, 0.29) is 0 Å². The standard InChI is InChI=1S/C13H23N3O2/c1-4-7-14-12-11(5-2)13(16-10-15-12)18-9-6-8-17-3/h10H,4-9H2,1-3H3,(H,14,15,16). The summed E-state index contributed by atoms with van der Waals surface area (Å²) in [7, 11) is 1.69. The van der Waals surface area contributed by atoms with Crippen molar-refractivity contribution in [3.05, 3.63) is 11.9 Å². The molecular formula is C13H23N3O2. The Morgan fingerprint density at radius 2 is 2.06 bits per heavy atom. The second-order valence-electron chi connectivity index (χ2n) is 3.98. The molecule has 0 spiro atoms. The minimum absolute atomic E-state index is 0.616. The van der Waals surface area contributed by atoms with Crippen LogP contribution in [-0.2, 0) is 11.2 Å². The lowest BCUT2D eigenvalue weighted by Crippen LogP contribution is -2.09. The maximum Gasteiger partial charge on any atom is 0.221 e. The third-order valence-electron chi connectivity index (χ3n) is 2.53. The number of hydrogen-bond acceptors (Lipinski definition) is 5. The molecule has 1 rings (SSSR count). The highest BCUT2D eigenvalue weighted by molar-refractivity contribution is 5.48. The van der Waals surface area contributed by atoms with Crippen LogP contribution in [0.3, 0.4) is 0 Å². The molecule has 0 saturated heterocycles. The van der Waals surface area contributed by atoms with Crippen LogP contribution in [0.15, 0.2) is 6.33 Å². The Morgan fingerprint density at radius 1 is 1.22 bits per heavy atom. The summed E-state index contributed by atoms with van der Waals surface area (Å²) in [6.45, 7) is 6.44. The minimum Gasteiger partial charge on any atom is -0.477 e. The summed E-state index contributed by atoms with van der Waals surface area (Å²) in [5, 5.41) is 3.30. The number of hydrogen-bond donors (Lipinski definition) is 1. The first-order valence-corrected chi connectivity index (χ1v) is 6.52. The summed E-state index contributed by atoms with van der Waals surface area (Å²) < 4.78 is 10.7. The average molecular weight is 253 g/mol. The van der Waals surface area contributed by atoms with Crippen LogP contribution in [0, 0.1) is 0 Å². The van der Waals surface area contributed by atoms with Crippen molar-refractivity contribution in [2.24, 2.45) is 0 Å². The number of rotatable bonds is 9. The van der Waals surface area contributed by atoms with Gasteiger partial charge in [0.2, 0.25) is 5.88 Å². The Kier molecular flexibility index (Phi) is 7.10. The summed E-state index contributed by atoms with van der Waals surface area (Å²) in [6, 6.07) is 0. The van der Waals surface area contributed by atoms with E-state index in [0.29, 0.717) is 19.1 Å². The monoisotopic (exact) mass is 253 g/mol. The number of anilines is 1. The lowest BCUT2D eigenvalue weighted by Gasteiger charge is -2.13. The summed E-state index contributed by atoms with van der Waals surface area (Å²) in [5.41, 5.74) is 1.04. The fourth-order valence-corrected chi connectivity index (χ4v) is 1.61. The predicted molar refractivity (Wildman–Crippen MR) is 72.2 cm³/mol. The first kappa shape index (κ1) is 14.7. The zero-order chi connectivity index (χ0) is 13.2. The van der Waals surface area contributed by atoms with E-state index >= 15 is 0 Å². The SMILES string of the molecule is CCCNc1ncnc(OCCCOC)c1CC. The van der Waals surface area contributed by atoms with Crippen LogP contribution < -0.4 is 10.1 Å². The van der Waals surface area contributed by atoms with Gasteiger partial charge in [0.15, 0.2) is 0 Å². The van der Waals surface area contributed by atoms with Gasteiger partial charge in [0.25, 0.3) is 0 Å². The zero-order valence-corrected chi connectivity index (χ0v) is 11.5. The molecule has 0 fully saturated rings. The van der Waals surface area contributed by atoms with Crippen molar-refractivity contribution < 1.29 is 9.47 Å².